The number of nitrogens with zero attached hydrogens (tertiary/aromatic N) is 3. The zero-order chi connectivity index (χ0) is 20.6. The highest BCUT2D eigenvalue weighted by Crippen LogP contribution is 2.15. The number of nitrogens with one attached hydrogen (secondary N) is 2. The van der Waals surface area contributed by atoms with Crippen molar-refractivity contribution >= 4 is 41.3 Å². The Morgan fingerprint density at radius 3 is 2.43 bits per heavy atom. The lowest BCUT2D eigenvalue weighted by Crippen LogP contribution is -2.44. The Labute approximate surface area is 201 Å². The minimum absolute atomic E-state index is 0. The average Bonchev–Trinajstić information content (AvgIpc) is 3.10. The molecule has 3 rings (SSSR count). The Morgan fingerprint density at radius 1 is 1.17 bits per heavy atom. The van der Waals surface area contributed by atoms with Crippen molar-refractivity contribution < 1.29 is 4.74 Å². The quantitative estimate of drug-likeness (QED) is 0.318. The number of aryl methyl sites for hydroxylation is 1. The first-order chi connectivity index (χ1) is 14.0. The molecule has 2 heterocycles. The highest BCUT2D eigenvalue weighted by atomic mass is 127. The highest BCUT2D eigenvalue weighted by Gasteiger charge is 2.21. The van der Waals surface area contributed by atoms with E-state index in [0.717, 1.165) is 55.8 Å². The molecule has 0 radical (unpaired) electrons. The maximum absolute atomic E-state index is 5.82. The largest absolute Gasteiger partial charge is 0.373 e. The Kier molecular flexibility index (Phi) is 10.5. The molecule has 1 fully saturated rings. The zero-order valence-electron chi connectivity index (χ0n) is 18.4. The van der Waals surface area contributed by atoms with Crippen molar-refractivity contribution in [2.75, 3.05) is 26.7 Å². The summed E-state index contributed by atoms with van der Waals surface area (Å²) in [5, 5.41) is 9.97. The summed E-state index contributed by atoms with van der Waals surface area (Å²) in [4.78, 5) is 11.3. The second-order valence-corrected chi connectivity index (χ2v) is 8.79. The van der Waals surface area contributed by atoms with E-state index in [1.807, 2.05) is 6.92 Å². The Hall–Kier alpha value is -1.23. The van der Waals surface area contributed by atoms with Gasteiger partial charge in [0.2, 0.25) is 0 Å². The van der Waals surface area contributed by atoms with Crippen LogP contribution in [0.2, 0.25) is 0 Å². The summed E-state index contributed by atoms with van der Waals surface area (Å²) in [6.45, 7) is 10.9. The SMILES string of the molecule is CN=C(NCCc1csc(C)n1)NCc1ccc(CN2CC(C)OC(C)C2)cc1.I. The number of benzene rings is 1. The fraction of sp³-hybridized carbons (Fsp3) is 0.545. The molecular formula is C22H34IN5OS. The Balaban J connectivity index is 0.00000320. The number of rotatable bonds is 7. The number of guanidine groups is 1. The standard InChI is InChI=1S/C22H33N5OS.HI/c1-16-12-27(13-17(2)28-16)14-20-7-5-19(6-8-20)11-25-22(23-4)24-10-9-21-15-29-18(3)26-21;/h5-8,15-17H,9-14H2,1-4H3,(H2,23,24,25);1H. The first kappa shape index (κ1) is 25.0. The number of hydrogen-bond acceptors (Lipinski definition) is 5. The van der Waals surface area contributed by atoms with Gasteiger partial charge >= 0.3 is 0 Å². The van der Waals surface area contributed by atoms with Gasteiger partial charge in [0.1, 0.15) is 0 Å². The predicted molar refractivity (Wildman–Crippen MR) is 136 cm³/mol. The molecule has 0 bridgehead atoms. The molecule has 2 N–H and O–H groups in total. The highest BCUT2D eigenvalue weighted by molar-refractivity contribution is 14.0. The third-order valence-electron chi connectivity index (χ3n) is 4.95. The van der Waals surface area contributed by atoms with Crippen LogP contribution >= 0.6 is 35.3 Å². The Bertz CT molecular complexity index is 785. The van der Waals surface area contributed by atoms with Crippen LogP contribution < -0.4 is 10.6 Å². The minimum atomic E-state index is 0. The molecule has 30 heavy (non-hydrogen) atoms. The van der Waals surface area contributed by atoms with Gasteiger partial charge in [-0.15, -0.1) is 35.3 Å². The van der Waals surface area contributed by atoms with Crippen molar-refractivity contribution in [2.24, 2.45) is 4.99 Å². The van der Waals surface area contributed by atoms with E-state index in [-0.39, 0.29) is 24.0 Å². The number of ether oxygens (including phenoxy) is 1. The van der Waals surface area contributed by atoms with E-state index in [9.17, 15) is 0 Å². The van der Waals surface area contributed by atoms with Gasteiger partial charge in [-0.05, 0) is 31.9 Å². The second kappa shape index (κ2) is 12.6. The van der Waals surface area contributed by atoms with Crippen LogP contribution in [-0.4, -0.2) is 54.7 Å². The second-order valence-electron chi connectivity index (χ2n) is 7.73. The maximum Gasteiger partial charge on any atom is 0.191 e. The number of aromatic nitrogens is 1. The van der Waals surface area contributed by atoms with Crippen molar-refractivity contribution in [1.29, 1.82) is 0 Å². The molecule has 0 aliphatic carbocycles. The monoisotopic (exact) mass is 543 g/mol. The molecule has 1 aliphatic heterocycles. The molecule has 2 aromatic rings. The number of morpholine rings is 1. The van der Waals surface area contributed by atoms with E-state index < -0.39 is 0 Å². The van der Waals surface area contributed by atoms with Crippen LogP contribution in [0.5, 0.6) is 0 Å². The molecule has 0 amide bonds. The van der Waals surface area contributed by atoms with Crippen LogP contribution in [0.25, 0.3) is 0 Å². The van der Waals surface area contributed by atoms with Crippen LogP contribution in [0.1, 0.15) is 35.7 Å². The van der Waals surface area contributed by atoms with Gasteiger partial charge in [-0.1, -0.05) is 24.3 Å². The molecule has 0 spiro atoms. The third kappa shape index (κ3) is 8.13. The van der Waals surface area contributed by atoms with Crippen molar-refractivity contribution in [2.45, 2.75) is 52.5 Å². The predicted octanol–water partition coefficient (Wildman–Crippen LogP) is 3.59. The average molecular weight is 544 g/mol. The van der Waals surface area contributed by atoms with Gasteiger partial charge in [0.15, 0.2) is 5.96 Å². The lowest BCUT2D eigenvalue weighted by Gasteiger charge is -2.35. The van der Waals surface area contributed by atoms with Gasteiger partial charge in [0, 0.05) is 51.6 Å². The molecule has 0 saturated carbocycles. The van der Waals surface area contributed by atoms with Crippen LogP contribution in [0, 0.1) is 6.92 Å². The van der Waals surface area contributed by atoms with Crippen molar-refractivity contribution in [3.63, 3.8) is 0 Å². The van der Waals surface area contributed by atoms with Crippen LogP contribution in [0.4, 0.5) is 0 Å². The van der Waals surface area contributed by atoms with Crippen molar-refractivity contribution in [3.05, 3.63) is 51.5 Å². The fourth-order valence-corrected chi connectivity index (χ4v) is 4.32. The molecule has 2 atom stereocenters. The molecule has 1 aromatic carbocycles. The van der Waals surface area contributed by atoms with Gasteiger partial charge in [0.05, 0.1) is 22.9 Å². The van der Waals surface area contributed by atoms with Gasteiger partial charge in [-0.2, -0.15) is 0 Å². The Morgan fingerprint density at radius 2 is 1.83 bits per heavy atom. The number of aliphatic imine (C=N–C) groups is 1. The van der Waals surface area contributed by atoms with E-state index in [0.29, 0.717) is 12.2 Å². The zero-order valence-corrected chi connectivity index (χ0v) is 21.5. The van der Waals surface area contributed by atoms with E-state index in [1.54, 1.807) is 18.4 Å². The van der Waals surface area contributed by atoms with Crippen molar-refractivity contribution in [3.8, 4) is 0 Å². The van der Waals surface area contributed by atoms with Gasteiger partial charge in [-0.3, -0.25) is 9.89 Å². The summed E-state index contributed by atoms with van der Waals surface area (Å²) in [5.41, 5.74) is 3.72. The molecular weight excluding hydrogens is 509 g/mol. The van der Waals surface area contributed by atoms with E-state index >= 15 is 0 Å². The lowest BCUT2D eigenvalue weighted by molar-refractivity contribution is -0.0704. The summed E-state index contributed by atoms with van der Waals surface area (Å²) in [7, 11) is 1.80. The van der Waals surface area contributed by atoms with E-state index in [1.165, 1.54) is 11.1 Å². The minimum Gasteiger partial charge on any atom is -0.373 e. The summed E-state index contributed by atoms with van der Waals surface area (Å²) < 4.78 is 5.82. The van der Waals surface area contributed by atoms with Crippen LogP contribution in [0.15, 0.2) is 34.6 Å². The fourth-order valence-electron chi connectivity index (χ4n) is 3.67. The summed E-state index contributed by atoms with van der Waals surface area (Å²) in [6, 6.07) is 8.84. The smallest absolute Gasteiger partial charge is 0.191 e. The summed E-state index contributed by atoms with van der Waals surface area (Å²) >= 11 is 1.69. The van der Waals surface area contributed by atoms with Crippen LogP contribution in [0.3, 0.4) is 0 Å². The number of thiazole rings is 1. The summed E-state index contributed by atoms with van der Waals surface area (Å²) in [5.74, 6) is 0.817. The molecule has 1 aliphatic rings. The topological polar surface area (TPSA) is 61.8 Å². The lowest BCUT2D eigenvalue weighted by atomic mass is 10.1. The molecule has 1 aromatic heterocycles. The molecule has 6 nitrogen and oxygen atoms in total. The molecule has 2 unspecified atom stereocenters. The molecule has 1 saturated heterocycles. The maximum atomic E-state index is 5.82. The molecule has 8 heteroatoms. The van der Waals surface area contributed by atoms with Gasteiger partial charge in [-0.25, -0.2) is 4.98 Å². The molecule has 166 valence electrons. The van der Waals surface area contributed by atoms with E-state index in [4.69, 9.17) is 4.74 Å². The first-order valence-electron chi connectivity index (χ1n) is 10.3. The third-order valence-corrected chi connectivity index (χ3v) is 5.77. The number of hydrogen-bond donors (Lipinski definition) is 2. The normalized spacial score (nSPS) is 19.9. The van der Waals surface area contributed by atoms with Gasteiger partial charge in [0.25, 0.3) is 0 Å². The van der Waals surface area contributed by atoms with Crippen molar-refractivity contribution in [1.82, 2.24) is 20.5 Å². The summed E-state index contributed by atoms with van der Waals surface area (Å²) in [6.07, 6.45) is 1.51. The first-order valence-corrected chi connectivity index (χ1v) is 11.2. The van der Waals surface area contributed by atoms with Gasteiger partial charge < -0.3 is 15.4 Å². The number of halogens is 1. The van der Waals surface area contributed by atoms with Crippen LogP contribution in [-0.2, 0) is 24.2 Å². The van der Waals surface area contributed by atoms with E-state index in [2.05, 4.69) is 69.0 Å².